The van der Waals surface area contributed by atoms with Gasteiger partial charge < -0.3 is 14.4 Å². The van der Waals surface area contributed by atoms with Crippen molar-refractivity contribution in [1.29, 1.82) is 0 Å². The van der Waals surface area contributed by atoms with E-state index in [0.29, 0.717) is 53.5 Å². The molecule has 0 unspecified atom stereocenters. The van der Waals surface area contributed by atoms with Gasteiger partial charge in [-0.3, -0.25) is 9.69 Å². The first kappa shape index (κ1) is 19.0. The molecule has 8 heteroatoms. The molecule has 0 saturated carbocycles. The molecule has 28 heavy (non-hydrogen) atoms. The van der Waals surface area contributed by atoms with Gasteiger partial charge in [-0.1, -0.05) is 35.1 Å². The maximum absolute atomic E-state index is 13.3. The number of likely N-dealkylation sites (N-methyl/N-ethyl adjacent to an activating group) is 1. The van der Waals surface area contributed by atoms with Crippen LogP contribution < -0.4 is 14.4 Å². The summed E-state index contributed by atoms with van der Waals surface area (Å²) in [6.45, 7) is 2.26. The number of carbonyl (C=O) groups is 1. The summed E-state index contributed by atoms with van der Waals surface area (Å²) >= 11 is 7.73. The van der Waals surface area contributed by atoms with Gasteiger partial charge >= 0.3 is 0 Å². The Morgan fingerprint density at radius 1 is 1.14 bits per heavy atom. The van der Waals surface area contributed by atoms with Crippen molar-refractivity contribution in [1.82, 2.24) is 9.88 Å². The predicted octanol–water partition coefficient (Wildman–Crippen LogP) is 3.93. The van der Waals surface area contributed by atoms with E-state index in [1.165, 1.54) is 11.3 Å². The van der Waals surface area contributed by atoms with Crippen LogP contribution in [0.25, 0.3) is 10.2 Å². The Morgan fingerprint density at radius 3 is 2.57 bits per heavy atom. The topological polar surface area (TPSA) is 54.9 Å². The minimum Gasteiger partial charge on any atom is -0.486 e. The van der Waals surface area contributed by atoms with Crippen molar-refractivity contribution in [3.8, 4) is 11.5 Å². The molecule has 3 aromatic rings. The van der Waals surface area contributed by atoms with Gasteiger partial charge in [0.2, 0.25) is 0 Å². The first-order valence-corrected chi connectivity index (χ1v) is 10.1. The standard InChI is InChI=1S/C20H20ClN3O3S/c1-23(2)7-8-24(19(25)13-5-3-4-6-14(13)21)20-22-15-11-16-17(12-18(15)28-20)27-10-9-26-16/h3-6,11-12H,7-10H2,1-2H3. The number of benzene rings is 2. The monoisotopic (exact) mass is 417 g/mol. The average molecular weight is 418 g/mol. The normalized spacial score (nSPS) is 13.1. The summed E-state index contributed by atoms with van der Waals surface area (Å²) < 4.78 is 12.3. The van der Waals surface area contributed by atoms with Crippen LogP contribution in [0, 0.1) is 0 Å². The molecule has 146 valence electrons. The van der Waals surface area contributed by atoms with Crippen molar-refractivity contribution in [2.24, 2.45) is 0 Å². The van der Waals surface area contributed by atoms with Crippen LogP contribution in [0.5, 0.6) is 11.5 Å². The lowest BCUT2D eigenvalue weighted by Crippen LogP contribution is -2.36. The van der Waals surface area contributed by atoms with E-state index < -0.39 is 0 Å². The molecule has 0 aliphatic carbocycles. The highest BCUT2D eigenvalue weighted by Crippen LogP contribution is 2.39. The summed E-state index contributed by atoms with van der Waals surface area (Å²) in [4.78, 5) is 21.7. The molecule has 0 bridgehead atoms. The number of ether oxygens (including phenoxy) is 2. The summed E-state index contributed by atoms with van der Waals surface area (Å²) in [5.41, 5.74) is 1.25. The number of carbonyl (C=O) groups excluding carboxylic acids is 1. The number of rotatable bonds is 5. The van der Waals surface area contributed by atoms with Crippen molar-refractivity contribution in [2.75, 3.05) is 45.3 Å². The number of amides is 1. The minimum atomic E-state index is -0.163. The lowest BCUT2D eigenvalue weighted by atomic mass is 10.2. The van der Waals surface area contributed by atoms with E-state index in [-0.39, 0.29) is 5.91 Å². The Kier molecular flexibility index (Phi) is 5.39. The van der Waals surface area contributed by atoms with Crippen LogP contribution >= 0.6 is 22.9 Å². The molecule has 0 fully saturated rings. The highest BCUT2D eigenvalue weighted by molar-refractivity contribution is 7.22. The Bertz CT molecular complexity index is 978. The van der Waals surface area contributed by atoms with Crippen LogP contribution in [0.15, 0.2) is 36.4 Å². The van der Waals surface area contributed by atoms with E-state index in [4.69, 9.17) is 26.1 Å². The fourth-order valence-electron chi connectivity index (χ4n) is 2.93. The minimum absolute atomic E-state index is 0.163. The Labute approximate surface area is 172 Å². The molecule has 1 aliphatic heterocycles. The first-order valence-electron chi connectivity index (χ1n) is 8.94. The number of halogens is 1. The molecule has 0 saturated heterocycles. The lowest BCUT2D eigenvalue weighted by molar-refractivity contribution is 0.0985. The maximum Gasteiger partial charge on any atom is 0.261 e. The van der Waals surface area contributed by atoms with E-state index in [0.717, 1.165) is 10.2 Å². The van der Waals surface area contributed by atoms with Crippen LogP contribution in [0.3, 0.4) is 0 Å². The fourth-order valence-corrected chi connectivity index (χ4v) is 4.15. The quantitative estimate of drug-likeness (QED) is 0.629. The van der Waals surface area contributed by atoms with Crippen LogP contribution in [-0.2, 0) is 0 Å². The third-order valence-electron chi connectivity index (χ3n) is 4.39. The molecular weight excluding hydrogens is 398 g/mol. The van der Waals surface area contributed by atoms with Gasteiger partial charge in [-0.25, -0.2) is 4.98 Å². The first-order chi connectivity index (χ1) is 13.5. The van der Waals surface area contributed by atoms with Crippen LogP contribution in [-0.4, -0.2) is 56.2 Å². The summed E-state index contributed by atoms with van der Waals surface area (Å²) in [5.74, 6) is 1.24. The Hall–Kier alpha value is -2.35. The zero-order valence-corrected chi connectivity index (χ0v) is 17.2. The van der Waals surface area contributed by atoms with Crippen LogP contribution in [0.2, 0.25) is 5.02 Å². The third kappa shape index (κ3) is 3.78. The molecule has 1 aromatic heterocycles. The van der Waals surface area contributed by atoms with Crippen molar-refractivity contribution < 1.29 is 14.3 Å². The largest absolute Gasteiger partial charge is 0.486 e. The highest BCUT2D eigenvalue weighted by atomic mass is 35.5. The van der Waals surface area contributed by atoms with Gasteiger partial charge in [0.05, 0.1) is 20.8 Å². The second kappa shape index (κ2) is 7.95. The van der Waals surface area contributed by atoms with Crippen molar-refractivity contribution >= 4 is 44.2 Å². The predicted molar refractivity (Wildman–Crippen MR) is 112 cm³/mol. The van der Waals surface area contributed by atoms with Gasteiger partial charge in [0, 0.05) is 25.2 Å². The van der Waals surface area contributed by atoms with E-state index in [1.54, 1.807) is 17.0 Å². The number of aromatic nitrogens is 1. The molecule has 2 aromatic carbocycles. The number of anilines is 1. The lowest BCUT2D eigenvalue weighted by Gasteiger charge is -2.22. The second-order valence-corrected chi connectivity index (χ2v) is 8.12. The second-order valence-electron chi connectivity index (χ2n) is 6.70. The average Bonchev–Trinajstić information content (AvgIpc) is 3.08. The number of hydrogen-bond donors (Lipinski definition) is 0. The number of hydrogen-bond acceptors (Lipinski definition) is 6. The number of nitrogens with zero attached hydrogens (tertiary/aromatic N) is 3. The molecular formula is C20H20ClN3O3S. The molecule has 6 nitrogen and oxygen atoms in total. The van der Waals surface area contributed by atoms with Crippen molar-refractivity contribution in [2.45, 2.75) is 0 Å². The number of fused-ring (bicyclic) bond motifs is 2. The van der Waals surface area contributed by atoms with E-state index in [9.17, 15) is 4.79 Å². The van der Waals surface area contributed by atoms with Gasteiger partial charge in [0.15, 0.2) is 16.6 Å². The smallest absolute Gasteiger partial charge is 0.261 e. The van der Waals surface area contributed by atoms with Crippen LogP contribution in [0.1, 0.15) is 10.4 Å². The van der Waals surface area contributed by atoms with Crippen LogP contribution in [0.4, 0.5) is 5.13 Å². The summed E-state index contributed by atoms with van der Waals surface area (Å²) in [7, 11) is 3.94. The van der Waals surface area contributed by atoms with Crippen molar-refractivity contribution in [3.63, 3.8) is 0 Å². The van der Waals surface area contributed by atoms with Gasteiger partial charge in [0.1, 0.15) is 13.2 Å². The molecule has 1 amide bonds. The van der Waals surface area contributed by atoms with E-state index in [1.807, 2.05) is 43.3 Å². The molecule has 0 radical (unpaired) electrons. The molecule has 1 aliphatic rings. The zero-order valence-electron chi connectivity index (χ0n) is 15.6. The number of thiazole rings is 1. The highest BCUT2D eigenvalue weighted by Gasteiger charge is 2.24. The Balaban J connectivity index is 1.73. The zero-order chi connectivity index (χ0) is 19.7. The third-order valence-corrected chi connectivity index (χ3v) is 5.76. The van der Waals surface area contributed by atoms with E-state index >= 15 is 0 Å². The molecule has 4 rings (SSSR count). The van der Waals surface area contributed by atoms with Gasteiger partial charge in [-0.05, 0) is 26.2 Å². The summed E-state index contributed by atoms with van der Waals surface area (Å²) in [5, 5.41) is 1.06. The van der Waals surface area contributed by atoms with E-state index in [2.05, 4.69) is 0 Å². The molecule has 2 heterocycles. The van der Waals surface area contributed by atoms with Gasteiger partial charge in [-0.15, -0.1) is 0 Å². The summed E-state index contributed by atoms with van der Waals surface area (Å²) in [6, 6.07) is 10.9. The maximum atomic E-state index is 13.3. The Morgan fingerprint density at radius 2 is 1.86 bits per heavy atom. The van der Waals surface area contributed by atoms with Gasteiger partial charge in [-0.2, -0.15) is 0 Å². The van der Waals surface area contributed by atoms with Gasteiger partial charge in [0.25, 0.3) is 5.91 Å². The molecule has 0 atom stereocenters. The summed E-state index contributed by atoms with van der Waals surface area (Å²) in [6.07, 6.45) is 0. The molecule has 0 spiro atoms. The molecule has 0 N–H and O–H groups in total. The fraction of sp³-hybridized carbons (Fsp3) is 0.300. The SMILES string of the molecule is CN(C)CCN(C(=O)c1ccccc1Cl)c1nc2cc3c(cc2s1)OCCO3. The van der Waals surface area contributed by atoms with Crippen molar-refractivity contribution in [3.05, 3.63) is 47.0 Å².